The zero-order valence-electron chi connectivity index (χ0n) is 8.82. The monoisotopic (exact) mass is 192 g/mol. The molecule has 0 radical (unpaired) electrons. The molecule has 0 unspecified atom stereocenters. The third kappa shape index (κ3) is 2.76. The van der Waals surface area contributed by atoms with Gasteiger partial charge in [0.25, 0.3) is 0 Å². The van der Waals surface area contributed by atoms with Gasteiger partial charge in [-0.3, -0.25) is 4.90 Å². The van der Waals surface area contributed by atoms with E-state index in [0.717, 1.165) is 5.69 Å². The van der Waals surface area contributed by atoms with Crippen molar-refractivity contribution < 1.29 is 4.79 Å². The maximum Gasteiger partial charge on any atom is 0.321 e. The number of nitrogens with zero attached hydrogens (tertiary/aromatic N) is 1. The van der Waals surface area contributed by atoms with E-state index in [4.69, 9.17) is 0 Å². The van der Waals surface area contributed by atoms with Gasteiger partial charge in [-0.25, -0.2) is 4.79 Å². The third-order valence-electron chi connectivity index (χ3n) is 1.86. The fraction of sp³-hybridized carbons (Fsp3) is 0.364. The maximum atomic E-state index is 11.6. The van der Waals surface area contributed by atoms with Crippen LogP contribution in [0.25, 0.3) is 0 Å². The van der Waals surface area contributed by atoms with Gasteiger partial charge in [0.05, 0.1) is 0 Å². The molecule has 0 aliphatic carbocycles. The van der Waals surface area contributed by atoms with Crippen molar-refractivity contribution in [3.63, 3.8) is 0 Å². The minimum Gasteiger partial charge on any atom is -0.336 e. The minimum absolute atomic E-state index is 0.0776. The van der Waals surface area contributed by atoms with Gasteiger partial charge in [0, 0.05) is 18.8 Å². The van der Waals surface area contributed by atoms with Gasteiger partial charge in [0.15, 0.2) is 0 Å². The van der Waals surface area contributed by atoms with Crippen LogP contribution in [0.4, 0.5) is 10.5 Å². The average Bonchev–Trinajstić information content (AvgIpc) is 2.17. The summed E-state index contributed by atoms with van der Waals surface area (Å²) in [6, 6.07) is 9.64. The fourth-order valence-electron chi connectivity index (χ4n) is 1.11. The van der Waals surface area contributed by atoms with Gasteiger partial charge in [0.2, 0.25) is 0 Å². The number of benzene rings is 1. The molecule has 0 bridgehead atoms. The molecule has 14 heavy (non-hydrogen) atoms. The number of hydrogen-bond acceptors (Lipinski definition) is 1. The predicted octanol–water partition coefficient (Wildman–Crippen LogP) is 2.24. The first-order valence-corrected chi connectivity index (χ1v) is 4.70. The molecule has 3 nitrogen and oxygen atoms in total. The number of carbonyl (C=O) groups excluding carboxylic acids is 1. The van der Waals surface area contributed by atoms with Crippen molar-refractivity contribution in [1.29, 1.82) is 0 Å². The predicted molar refractivity (Wildman–Crippen MR) is 58.5 cm³/mol. The van der Waals surface area contributed by atoms with Crippen LogP contribution < -0.4 is 10.2 Å². The molecule has 0 fully saturated rings. The van der Waals surface area contributed by atoms with Gasteiger partial charge >= 0.3 is 6.03 Å². The highest BCUT2D eigenvalue weighted by atomic mass is 16.2. The Labute approximate surface area is 84.7 Å². The van der Waals surface area contributed by atoms with Crippen molar-refractivity contribution in [3.8, 4) is 0 Å². The van der Waals surface area contributed by atoms with Crippen molar-refractivity contribution in [1.82, 2.24) is 5.32 Å². The Balaban J connectivity index is 2.66. The van der Waals surface area contributed by atoms with Crippen molar-refractivity contribution in [3.05, 3.63) is 30.3 Å². The standard InChI is InChI=1S/C11H16N2O/c1-9(2)12-11(14)13(3)10-7-5-4-6-8-10/h4-9H,1-3H3,(H,12,14). The molecule has 0 saturated heterocycles. The second kappa shape index (κ2) is 4.65. The first-order chi connectivity index (χ1) is 6.61. The van der Waals surface area contributed by atoms with Crippen LogP contribution in [0.5, 0.6) is 0 Å². The maximum absolute atomic E-state index is 11.6. The van der Waals surface area contributed by atoms with E-state index in [1.807, 2.05) is 44.2 Å². The van der Waals surface area contributed by atoms with Crippen LogP contribution in [0.1, 0.15) is 13.8 Å². The van der Waals surface area contributed by atoms with Crippen LogP contribution in [0.2, 0.25) is 0 Å². The summed E-state index contributed by atoms with van der Waals surface area (Å²) in [5.74, 6) is 0. The van der Waals surface area contributed by atoms with E-state index in [9.17, 15) is 4.79 Å². The van der Waals surface area contributed by atoms with Gasteiger partial charge in [0.1, 0.15) is 0 Å². The molecule has 1 rings (SSSR count). The van der Waals surface area contributed by atoms with E-state index in [-0.39, 0.29) is 12.1 Å². The summed E-state index contributed by atoms with van der Waals surface area (Å²) in [6.45, 7) is 3.88. The number of hydrogen-bond donors (Lipinski definition) is 1. The molecule has 0 spiro atoms. The Bertz CT molecular complexity index is 295. The Morgan fingerprint density at radius 1 is 1.29 bits per heavy atom. The number of nitrogens with one attached hydrogen (secondary N) is 1. The van der Waals surface area contributed by atoms with E-state index >= 15 is 0 Å². The molecule has 0 aliphatic heterocycles. The first-order valence-electron chi connectivity index (χ1n) is 4.70. The second-order valence-electron chi connectivity index (χ2n) is 3.50. The summed E-state index contributed by atoms with van der Waals surface area (Å²) < 4.78 is 0. The first kappa shape index (κ1) is 10.6. The lowest BCUT2D eigenvalue weighted by Gasteiger charge is -2.19. The molecule has 76 valence electrons. The van der Waals surface area contributed by atoms with Gasteiger partial charge in [-0.15, -0.1) is 0 Å². The quantitative estimate of drug-likeness (QED) is 0.765. The lowest BCUT2D eigenvalue weighted by molar-refractivity contribution is 0.245. The van der Waals surface area contributed by atoms with Crippen molar-refractivity contribution in [2.24, 2.45) is 0 Å². The van der Waals surface area contributed by atoms with Crippen LogP contribution >= 0.6 is 0 Å². The van der Waals surface area contributed by atoms with Crippen LogP contribution in [0.3, 0.4) is 0 Å². The fourth-order valence-corrected chi connectivity index (χ4v) is 1.11. The third-order valence-corrected chi connectivity index (χ3v) is 1.86. The SMILES string of the molecule is CC(C)NC(=O)N(C)c1ccccc1. The number of anilines is 1. The largest absolute Gasteiger partial charge is 0.336 e. The van der Waals surface area contributed by atoms with Crippen molar-refractivity contribution >= 4 is 11.7 Å². The Hall–Kier alpha value is -1.51. The molecule has 0 saturated carbocycles. The number of para-hydroxylation sites is 1. The molecule has 0 atom stereocenters. The highest BCUT2D eigenvalue weighted by Crippen LogP contribution is 2.10. The second-order valence-corrected chi connectivity index (χ2v) is 3.50. The van der Waals surface area contributed by atoms with Crippen LogP contribution in [0.15, 0.2) is 30.3 Å². The molecular weight excluding hydrogens is 176 g/mol. The average molecular weight is 192 g/mol. The van der Waals surface area contributed by atoms with E-state index in [1.54, 1.807) is 11.9 Å². The van der Waals surface area contributed by atoms with Crippen LogP contribution in [-0.2, 0) is 0 Å². The number of urea groups is 1. The highest BCUT2D eigenvalue weighted by Gasteiger charge is 2.10. The highest BCUT2D eigenvalue weighted by molar-refractivity contribution is 5.91. The smallest absolute Gasteiger partial charge is 0.321 e. The molecule has 1 aromatic carbocycles. The van der Waals surface area contributed by atoms with Gasteiger partial charge in [-0.1, -0.05) is 18.2 Å². The van der Waals surface area contributed by atoms with Crippen molar-refractivity contribution in [2.45, 2.75) is 19.9 Å². The lowest BCUT2D eigenvalue weighted by Crippen LogP contribution is -2.40. The number of carbonyl (C=O) groups is 1. The normalized spacial score (nSPS) is 10.0. The number of rotatable bonds is 2. The Morgan fingerprint density at radius 2 is 1.86 bits per heavy atom. The summed E-state index contributed by atoms with van der Waals surface area (Å²) >= 11 is 0. The molecule has 1 N–H and O–H groups in total. The summed E-state index contributed by atoms with van der Waals surface area (Å²) in [5.41, 5.74) is 0.894. The lowest BCUT2D eigenvalue weighted by atomic mass is 10.3. The topological polar surface area (TPSA) is 32.3 Å². The van der Waals surface area contributed by atoms with E-state index < -0.39 is 0 Å². The van der Waals surface area contributed by atoms with Gasteiger partial charge in [-0.05, 0) is 26.0 Å². The van der Waals surface area contributed by atoms with Gasteiger partial charge < -0.3 is 5.32 Å². The van der Waals surface area contributed by atoms with E-state index in [2.05, 4.69) is 5.32 Å². The van der Waals surface area contributed by atoms with E-state index in [1.165, 1.54) is 0 Å². The summed E-state index contributed by atoms with van der Waals surface area (Å²) in [6.07, 6.45) is 0. The molecule has 3 heteroatoms. The molecule has 0 heterocycles. The van der Waals surface area contributed by atoms with Crippen molar-refractivity contribution in [2.75, 3.05) is 11.9 Å². The minimum atomic E-state index is -0.0776. The van der Waals surface area contributed by atoms with Crippen LogP contribution in [0, 0.1) is 0 Å². The van der Waals surface area contributed by atoms with Crippen LogP contribution in [-0.4, -0.2) is 19.1 Å². The van der Waals surface area contributed by atoms with E-state index in [0.29, 0.717) is 0 Å². The summed E-state index contributed by atoms with van der Waals surface area (Å²) in [4.78, 5) is 13.2. The summed E-state index contributed by atoms with van der Waals surface area (Å²) in [5, 5.41) is 2.83. The molecule has 0 aliphatic rings. The number of amides is 2. The molecule has 1 aromatic rings. The Morgan fingerprint density at radius 3 is 2.36 bits per heavy atom. The summed E-state index contributed by atoms with van der Waals surface area (Å²) in [7, 11) is 1.76. The molecule has 2 amide bonds. The molecule has 0 aromatic heterocycles. The zero-order chi connectivity index (χ0) is 10.6. The van der Waals surface area contributed by atoms with Gasteiger partial charge in [-0.2, -0.15) is 0 Å². The zero-order valence-corrected chi connectivity index (χ0v) is 8.82. The molecular formula is C11H16N2O. The Kier molecular flexibility index (Phi) is 3.51.